The highest BCUT2D eigenvalue weighted by Gasteiger charge is 2.27. The van der Waals surface area contributed by atoms with Crippen molar-refractivity contribution in [2.45, 2.75) is 25.8 Å². The highest BCUT2D eigenvalue weighted by Crippen LogP contribution is 2.20. The van der Waals surface area contributed by atoms with Crippen molar-refractivity contribution >= 4 is 11.6 Å². The fourth-order valence-corrected chi connectivity index (χ4v) is 2.74. The molecule has 5 heteroatoms. The Balaban J connectivity index is 2.25. The van der Waals surface area contributed by atoms with Gasteiger partial charge < -0.3 is 15.5 Å². The maximum Gasteiger partial charge on any atom is 0.256 e. The Morgan fingerprint density at radius 3 is 2.85 bits per heavy atom. The largest absolute Gasteiger partial charge is 0.398 e. The Bertz CT molecular complexity index is 492. The predicted molar refractivity (Wildman–Crippen MR) is 78.0 cm³/mol. The van der Waals surface area contributed by atoms with Gasteiger partial charge in [0.1, 0.15) is 5.82 Å². The third kappa shape index (κ3) is 3.10. The molecule has 0 spiro atoms. The number of rotatable bonds is 2. The van der Waals surface area contributed by atoms with Gasteiger partial charge in [-0.15, -0.1) is 0 Å². The first-order valence-electron chi connectivity index (χ1n) is 7.07. The second-order valence-corrected chi connectivity index (χ2v) is 5.41. The number of nitrogen functional groups attached to an aromatic ring is 1. The van der Waals surface area contributed by atoms with Gasteiger partial charge in [-0.1, -0.05) is 6.92 Å². The van der Waals surface area contributed by atoms with Gasteiger partial charge in [0.25, 0.3) is 5.91 Å². The van der Waals surface area contributed by atoms with Crippen LogP contribution in [0.5, 0.6) is 0 Å². The van der Waals surface area contributed by atoms with Crippen LogP contribution in [0.3, 0.4) is 0 Å². The first-order valence-corrected chi connectivity index (χ1v) is 7.07. The van der Waals surface area contributed by atoms with E-state index in [1.807, 2.05) is 4.90 Å². The molecular weight excluding hydrogens is 257 g/mol. The second-order valence-electron chi connectivity index (χ2n) is 5.41. The Hall–Kier alpha value is -1.62. The van der Waals surface area contributed by atoms with Gasteiger partial charge in [0, 0.05) is 24.8 Å². The molecule has 1 saturated heterocycles. The number of carbonyl (C=O) groups excluding carboxylic acids is 1. The zero-order chi connectivity index (χ0) is 14.7. The molecule has 1 fully saturated rings. The highest BCUT2D eigenvalue weighted by atomic mass is 19.1. The van der Waals surface area contributed by atoms with Crippen LogP contribution in [0, 0.1) is 5.82 Å². The molecule has 0 aromatic heterocycles. The average molecular weight is 279 g/mol. The minimum Gasteiger partial charge on any atom is -0.398 e. The summed E-state index contributed by atoms with van der Waals surface area (Å²) in [7, 11) is 2.07. The summed E-state index contributed by atoms with van der Waals surface area (Å²) in [6.45, 7) is 4.65. The molecule has 1 aliphatic heterocycles. The third-order valence-electron chi connectivity index (χ3n) is 3.88. The maximum atomic E-state index is 13.1. The molecule has 110 valence electrons. The van der Waals surface area contributed by atoms with E-state index in [4.69, 9.17) is 5.73 Å². The lowest BCUT2D eigenvalue weighted by molar-refractivity contribution is 0.0677. The van der Waals surface area contributed by atoms with Crippen LogP contribution >= 0.6 is 0 Å². The number of anilines is 1. The van der Waals surface area contributed by atoms with E-state index >= 15 is 0 Å². The van der Waals surface area contributed by atoms with Crippen molar-refractivity contribution in [3.63, 3.8) is 0 Å². The molecule has 1 aliphatic rings. The number of halogens is 1. The number of nitrogens with zero attached hydrogens (tertiary/aromatic N) is 2. The van der Waals surface area contributed by atoms with Gasteiger partial charge in [-0.3, -0.25) is 4.79 Å². The van der Waals surface area contributed by atoms with Crippen LogP contribution in [0.2, 0.25) is 0 Å². The minimum absolute atomic E-state index is 0.0929. The predicted octanol–water partition coefficient (Wildman–Crippen LogP) is 1.96. The van der Waals surface area contributed by atoms with E-state index < -0.39 is 5.82 Å². The molecule has 20 heavy (non-hydrogen) atoms. The zero-order valence-corrected chi connectivity index (χ0v) is 12.1. The molecule has 0 radical (unpaired) electrons. The number of likely N-dealkylation sites (N-methyl/N-ethyl adjacent to an activating group) is 1. The van der Waals surface area contributed by atoms with E-state index in [1.54, 1.807) is 0 Å². The van der Waals surface area contributed by atoms with Crippen LogP contribution < -0.4 is 5.73 Å². The topological polar surface area (TPSA) is 49.6 Å². The number of nitrogens with two attached hydrogens (primary N) is 1. The Kier molecular flexibility index (Phi) is 4.60. The summed E-state index contributed by atoms with van der Waals surface area (Å²) >= 11 is 0. The number of carbonyl (C=O) groups is 1. The van der Waals surface area contributed by atoms with E-state index in [1.165, 1.54) is 18.2 Å². The summed E-state index contributed by atoms with van der Waals surface area (Å²) in [5.74, 6) is -0.508. The lowest BCUT2D eigenvalue weighted by Crippen LogP contribution is -2.43. The van der Waals surface area contributed by atoms with Gasteiger partial charge in [-0.25, -0.2) is 4.39 Å². The monoisotopic (exact) mass is 279 g/mol. The summed E-state index contributed by atoms with van der Waals surface area (Å²) in [5.41, 5.74) is 6.39. The molecule has 1 amide bonds. The van der Waals surface area contributed by atoms with Gasteiger partial charge in [0.2, 0.25) is 0 Å². The smallest absolute Gasteiger partial charge is 0.256 e. The van der Waals surface area contributed by atoms with Gasteiger partial charge in [-0.05, 0) is 44.6 Å². The van der Waals surface area contributed by atoms with Gasteiger partial charge in [-0.2, -0.15) is 0 Å². The van der Waals surface area contributed by atoms with Crippen molar-refractivity contribution in [3.8, 4) is 0 Å². The number of amides is 1. The highest BCUT2D eigenvalue weighted by molar-refractivity contribution is 5.99. The van der Waals surface area contributed by atoms with Crippen molar-refractivity contribution in [2.75, 3.05) is 32.4 Å². The number of hydrogen-bond acceptors (Lipinski definition) is 3. The van der Waals surface area contributed by atoms with Gasteiger partial charge >= 0.3 is 0 Å². The maximum absolute atomic E-state index is 13.1. The average Bonchev–Trinajstić information content (AvgIpc) is 2.59. The van der Waals surface area contributed by atoms with E-state index in [0.29, 0.717) is 5.56 Å². The molecule has 0 bridgehead atoms. The molecule has 0 saturated carbocycles. The van der Waals surface area contributed by atoms with Crippen molar-refractivity contribution in [3.05, 3.63) is 29.6 Å². The van der Waals surface area contributed by atoms with E-state index in [9.17, 15) is 9.18 Å². The normalized spacial score (nSPS) is 20.8. The van der Waals surface area contributed by atoms with Crippen LogP contribution in [0.1, 0.15) is 30.1 Å². The fourth-order valence-electron chi connectivity index (χ4n) is 2.74. The van der Waals surface area contributed by atoms with Crippen LogP contribution in [-0.4, -0.2) is 48.4 Å². The van der Waals surface area contributed by atoms with Gasteiger partial charge in [0.15, 0.2) is 0 Å². The molecule has 4 nitrogen and oxygen atoms in total. The minimum atomic E-state index is -0.415. The summed E-state index contributed by atoms with van der Waals surface area (Å²) in [5, 5.41) is 0. The quantitative estimate of drug-likeness (QED) is 0.842. The molecule has 1 atom stereocenters. The van der Waals surface area contributed by atoms with Crippen LogP contribution in [0.25, 0.3) is 0 Å². The molecule has 2 rings (SSSR count). The Morgan fingerprint density at radius 1 is 1.45 bits per heavy atom. The van der Waals surface area contributed by atoms with Crippen LogP contribution in [-0.2, 0) is 0 Å². The molecule has 1 unspecified atom stereocenters. The molecule has 1 aromatic carbocycles. The standard InChI is InChI=1S/C15H22FN3O/c1-3-12-10-18(2)7-4-8-19(12)15(20)13-6-5-11(16)9-14(13)17/h5-6,9,12H,3-4,7-8,10,17H2,1-2H3. The molecular formula is C15H22FN3O. The first kappa shape index (κ1) is 14.8. The SMILES string of the molecule is CCC1CN(C)CCCN1C(=O)c1ccc(F)cc1N. The van der Waals surface area contributed by atoms with E-state index in [2.05, 4.69) is 18.9 Å². The fraction of sp³-hybridized carbons (Fsp3) is 0.533. The van der Waals surface area contributed by atoms with E-state index in [0.717, 1.165) is 32.5 Å². The molecule has 1 aromatic rings. The van der Waals surface area contributed by atoms with Crippen LogP contribution in [0.4, 0.5) is 10.1 Å². The lowest BCUT2D eigenvalue weighted by atomic mass is 10.1. The Morgan fingerprint density at radius 2 is 2.20 bits per heavy atom. The molecule has 0 aliphatic carbocycles. The second kappa shape index (κ2) is 6.22. The Labute approximate surface area is 119 Å². The molecule has 2 N–H and O–H groups in total. The first-order chi connectivity index (χ1) is 9.52. The number of hydrogen-bond donors (Lipinski definition) is 1. The summed E-state index contributed by atoms with van der Waals surface area (Å²) in [4.78, 5) is 16.8. The summed E-state index contributed by atoms with van der Waals surface area (Å²) < 4.78 is 13.1. The van der Waals surface area contributed by atoms with E-state index in [-0.39, 0.29) is 17.6 Å². The lowest BCUT2D eigenvalue weighted by Gasteiger charge is -2.30. The van der Waals surface area contributed by atoms with Crippen molar-refractivity contribution in [2.24, 2.45) is 0 Å². The molecule has 1 heterocycles. The summed E-state index contributed by atoms with van der Waals surface area (Å²) in [6, 6.07) is 4.15. The van der Waals surface area contributed by atoms with Crippen molar-refractivity contribution in [1.29, 1.82) is 0 Å². The van der Waals surface area contributed by atoms with Crippen LogP contribution in [0.15, 0.2) is 18.2 Å². The van der Waals surface area contributed by atoms with Crippen molar-refractivity contribution in [1.82, 2.24) is 9.80 Å². The number of benzene rings is 1. The van der Waals surface area contributed by atoms with Crippen molar-refractivity contribution < 1.29 is 9.18 Å². The third-order valence-corrected chi connectivity index (χ3v) is 3.88. The summed E-state index contributed by atoms with van der Waals surface area (Å²) in [6.07, 6.45) is 1.84. The zero-order valence-electron chi connectivity index (χ0n) is 12.1. The van der Waals surface area contributed by atoms with Gasteiger partial charge in [0.05, 0.1) is 5.56 Å².